The number of nitrogens with zero attached hydrogens (tertiary/aromatic N) is 1. The topological polar surface area (TPSA) is 62.6 Å². The third kappa shape index (κ3) is 4.82. The molecule has 0 fully saturated rings. The van der Waals surface area contributed by atoms with Gasteiger partial charge in [0.25, 0.3) is 11.8 Å². The standard InChI is InChI=1S/C21H18F2N2O3/c22-16-6-4-15(5-7-16)21(27)25(18-10-8-17(23)9-11-18)13-2-12-24-20(26)19-3-1-14-28-19/h1,3-11,14H,2,12-13H2,(H,24,26). The molecular weight excluding hydrogens is 366 g/mol. The number of halogens is 2. The van der Waals surface area contributed by atoms with Crippen molar-refractivity contribution in [1.29, 1.82) is 0 Å². The van der Waals surface area contributed by atoms with Crippen molar-refractivity contribution in [3.8, 4) is 0 Å². The average Bonchev–Trinajstić information content (AvgIpc) is 3.24. The molecule has 28 heavy (non-hydrogen) atoms. The molecule has 1 aromatic heterocycles. The molecule has 0 spiro atoms. The Kier molecular flexibility index (Phi) is 6.16. The van der Waals surface area contributed by atoms with Gasteiger partial charge in [-0.25, -0.2) is 8.78 Å². The Morgan fingerprint density at radius 1 is 0.929 bits per heavy atom. The minimum atomic E-state index is -0.439. The first-order valence-corrected chi connectivity index (χ1v) is 8.69. The molecule has 0 aliphatic heterocycles. The predicted molar refractivity (Wildman–Crippen MR) is 100 cm³/mol. The summed E-state index contributed by atoms with van der Waals surface area (Å²) in [5, 5.41) is 2.71. The lowest BCUT2D eigenvalue weighted by Crippen LogP contribution is -2.34. The van der Waals surface area contributed by atoms with E-state index in [-0.39, 0.29) is 24.1 Å². The smallest absolute Gasteiger partial charge is 0.286 e. The van der Waals surface area contributed by atoms with Gasteiger partial charge < -0.3 is 14.6 Å². The number of rotatable bonds is 7. The van der Waals surface area contributed by atoms with E-state index in [1.54, 1.807) is 12.1 Å². The zero-order valence-corrected chi connectivity index (χ0v) is 14.9. The molecule has 144 valence electrons. The first-order valence-electron chi connectivity index (χ1n) is 8.69. The monoisotopic (exact) mass is 384 g/mol. The zero-order valence-electron chi connectivity index (χ0n) is 14.9. The van der Waals surface area contributed by atoms with Gasteiger partial charge in [-0.1, -0.05) is 0 Å². The molecule has 0 bridgehead atoms. The molecule has 5 nitrogen and oxygen atoms in total. The number of hydrogen-bond acceptors (Lipinski definition) is 3. The Hall–Kier alpha value is -3.48. The molecule has 0 saturated carbocycles. The number of amides is 2. The van der Waals surface area contributed by atoms with Gasteiger partial charge in [0.2, 0.25) is 0 Å². The largest absolute Gasteiger partial charge is 0.459 e. The van der Waals surface area contributed by atoms with Gasteiger partial charge in [0.05, 0.1) is 6.26 Å². The van der Waals surface area contributed by atoms with Crippen molar-refractivity contribution < 1.29 is 22.8 Å². The second kappa shape index (κ2) is 8.94. The van der Waals surface area contributed by atoms with Crippen LogP contribution in [-0.4, -0.2) is 24.9 Å². The average molecular weight is 384 g/mol. The molecule has 7 heteroatoms. The van der Waals surface area contributed by atoms with E-state index in [0.29, 0.717) is 24.2 Å². The molecule has 2 amide bonds. The van der Waals surface area contributed by atoms with E-state index in [1.165, 1.54) is 59.7 Å². The number of carbonyl (C=O) groups excluding carboxylic acids is 2. The van der Waals surface area contributed by atoms with Gasteiger partial charge in [-0.05, 0) is 67.1 Å². The Bertz CT molecular complexity index is 923. The molecule has 0 aliphatic rings. The van der Waals surface area contributed by atoms with Gasteiger partial charge in [0.1, 0.15) is 11.6 Å². The van der Waals surface area contributed by atoms with Crippen molar-refractivity contribution in [2.24, 2.45) is 0 Å². The summed E-state index contributed by atoms with van der Waals surface area (Å²) in [4.78, 5) is 26.2. The van der Waals surface area contributed by atoms with Gasteiger partial charge in [-0.2, -0.15) is 0 Å². The maximum Gasteiger partial charge on any atom is 0.286 e. The predicted octanol–water partition coefficient (Wildman–Crippen LogP) is 4.02. The summed E-state index contributed by atoms with van der Waals surface area (Å²) in [6.45, 7) is 0.591. The van der Waals surface area contributed by atoms with Gasteiger partial charge >= 0.3 is 0 Å². The van der Waals surface area contributed by atoms with Crippen LogP contribution in [0.3, 0.4) is 0 Å². The highest BCUT2D eigenvalue weighted by atomic mass is 19.1. The molecule has 1 heterocycles. The molecule has 0 aliphatic carbocycles. The summed E-state index contributed by atoms with van der Waals surface area (Å²) < 4.78 is 31.4. The van der Waals surface area contributed by atoms with Crippen LogP contribution in [0.5, 0.6) is 0 Å². The number of hydrogen-bond donors (Lipinski definition) is 1. The maximum atomic E-state index is 13.2. The number of nitrogens with one attached hydrogen (secondary N) is 1. The number of benzene rings is 2. The van der Waals surface area contributed by atoms with Crippen LogP contribution in [0.2, 0.25) is 0 Å². The fraction of sp³-hybridized carbons (Fsp3) is 0.143. The van der Waals surface area contributed by atoms with Crippen LogP contribution in [0.15, 0.2) is 71.3 Å². The molecule has 1 N–H and O–H groups in total. The summed E-state index contributed by atoms with van der Waals surface area (Å²) >= 11 is 0. The van der Waals surface area contributed by atoms with Crippen LogP contribution in [0.25, 0.3) is 0 Å². The van der Waals surface area contributed by atoms with E-state index in [2.05, 4.69) is 5.32 Å². The van der Waals surface area contributed by atoms with Crippen molar-refractivity contribution in [2.45, 2.75) is 6.42 Å². The molecule has 0 unspecified atom stereocenters. The molecular formula is C21H18F2N2O3. The van der Waals surface area contributed by atoms with Gasteiger partial charge in [0.15, 0.2) is 5.76 Å². The molecule has 3 aromatic rings. The van der Waals surface area contributed by atoms with Crippen LogP contribution in [0, 0.1) is 11.6 Å². The highest BCUT2D eigenvalue weighted by molar-refractivity contribution is 6.06. The number of furan rings is 1. The quantitative estimate of drug-likeness (QED) is 0.626. The third-order valence-electron chi connectivity index (χ3n) is 4.06. The van der Waals surface area contributed by atoms with Crippen LogP contribution < -0.4 is 10.2 Å². The summed E-state index contributed by atoms with van der Waals surface area (Å²) in [5.41, 5.74) is 0.818. The minimum Gasteiger partial charge on any atom is -0.459 e. The minimum absolute atomic E-state index is 0.206. The summed E-state index contributed by atoms with van der Waals surface area (Å²) in [6.07, 6.45) is 1.86. The molecule has 0 atom stereocenters. The van der Waals surface area contributed by atoms with Crippen LogP contribution >= 0.6 is 0 Å². The Labute approximate surface area is 160 Å². The van der Waals surface area contributed by atoms with Gasteiger partial charge in [-0.3, -0.25) is 9.59 Å². The van der Waals surface area contributed by atoms with Crippen LogP contribution in [0.1, 0.15) is 27.3 Å². The first-order chi connectivity index (χ1) is 13.5. The number of anilines is 1. The first kappa shape index (κ1) is 19.3. The second-order valence-corrected chi connectivity index (χ2v) is 6.03. The zero-order chi connectivity index (χ0) is 19.9. The van der Waals surface area contributed by atoms with Crippen LogP contribution in [0.4, 0.5) is 14.5 Å². The normalized spacial score (nSPS) is 10.5. The van der Waals surface area contributed by atoms with Gasteiger partial charge in [-0.15, -0.1) is 0 Å². The fourth-order valence-electron chi connectivity index (χ4n) is 2.65. The lowest BCUT2D eigenvalue weighted by molar-refractivity contribution is 0.0926. The van der Waals surface area contributed by atoms with E-state index in [4.69, 9.17) is 4.42 Å². The van der Waals surface area contributed by atoms with Crippen molar-refractivity contribution in [1.82, 2.24) is 5.32 Å². The molecule has 2 aromatic carbocycles. The maximum absolute atomic E-state index is 13.2. The molecule has 0 saturated heterocycles. The Morgan fingerprint density at radius 3 is 2.18 bits per heavy atom. The van der Waals surface area contributed by atoms with Crippen molar-refractivity contribution in [2.75, 3.05) is 18.0 Å². The third-order valence-corrected chi connectivity index (χ3v) is 4.06. The lowest BCUT2D eigenvalue weighted by atomic mass is 10.1. The summed E-state index contributed by atoms with van der Waals surface area (Å²) in [6, 6.07) is 13.9. The summed E-state index contributed by atoms with van der Waals surface area (Å²) in [5.74, 6) is -1.33. The SMILES string of the molecule is O=C(NCCCN(C(=O)c1ccc(F)cc1)c1ccc(F)cc1)c1ccco1. The Balaban J connectivity index is 1.67. The molecule has 3 rings (SSSR count). The fourth-order valence-corrected chi connectivity index (χ4v) is 2.65. The van der Waals surface area contributed by atoms with E-state index >= 15 is 0 Å². The second-order valence-electron chi connectivity index (χ2n) is 6.03. The van der Waals surface area contributed by atoms with E-state index in [0.717, 1.165) is 0 Å². The van der Waals surface area contributed by atoms with E-state index in [9.17, 15) is 18.4 Å². The lowest BCUT2D eigenvalue weighted by Gasteiger charge is -2.23. The van der Waals surface area contributed by atoms with Crippen molar-refractivity contribution in [3.05, 3.63) is 89.9 Å². The molecule has 0 radical (unpaired) electrons. The highest BCUT2D eigenvalue weighted by Crippen LogP contribution is 2.19. The van der Waals surface area contributed by atoms with Gasteiger partial charge in [0, 0.05) is 24.3 Å². The van der Waals surface area contributed by atoms with Crippen LogP contribution in [-0.2, 0) is 0 Å². The van der Waals surface area contributed by atoms with E-state index in [1.807, 2.05) is 0 Å². The summed E-state index contributed by atoms with van der Waals surface area (Å²) in [7, 11) is 0. The van der Waals surface area contributed by atoms with Crippen molar-refractivity contribution >= 4 is 17.5 Å². The van der Waals surface area contributed by atoms with E-state index < -0.39 is 11.6 Å². The van der Waals surface area contributed by atoms with Crippen molar-refractivity contribution in [3.63, 3.8) is 0 Å². The highest BCUT2D eigenvalue weighted by Gasteiger charge is 2.18. The Morgan fingerprint density at radius 2 is 1.57 bits per heavy atom. The number of carbonyl (C=O) groups is 2.